The van der Waals surface area contributed by atoms with Crippen LogP contribution in [0.5, 0.6) is 0 Å². The molecule has 0 aliphatic carbocycles. The second-order valence-corrected chi connectivity index (χ2v) is 3.41. The number of benzene rings is 1. The SMILES string of the molecule is Cc1c(Br)ccc(CN=C=O)c1F. The van der Waals surface area contributed by atoms with E-state index in [1.54, 1.807) is 19.1 Å². The highest BCUT2D eigenvalue weighted by Crippen LogP contribution is 2.21. The average Bonchev–Trinajstić information content (AvgIpc) is 2.13. The van der Waals surface area contributed by atoms with Crippen LogP contribution in [0.15, 0.2) is 21.6 Å². The van der Waals surface area contributed by atoms with Crippen LogP contribution in [-0.4, -0.2) is 6.08 Å². The van der Waals surface area contributed by atoms with Gasteiger partial charge < -0.3 is 0 Å². The zero-order chi connectivity index (χ0) is 9.84. The maximum atomic E-state index is 13.4. The summed E-state index contributed by atoms with van der Waals surface area (Å²) in [6.45, 7) is 1.71. The number of hydrogen-bond donors (Lipinski definition) is 0. The number of hydrogen-bond acceptors (Lipinski definition) is 2. The van der Waals surface area contributed by atoms with Gasteiger partial charge in [0.1, 0.15) is 5.82 Å². The zero-order valence-corrected chi connectivity index (χ0v) is 8.56. The lowest BCUT2D eigenvalue weighted by molar-refractivity contribution is 0.561. The van der Waals surface area contributed by atoms with E-state index >= 15 is 0 Å². The Kier molecular flexibility index (Phi) is 3.34. The first kappa shape index (κ1) is 10.1. The van der Waals surface area contributed by atoms with Crippen molar-refractivity contribution in [3.63, 3.8) is 0 Å². The molecule has 0 aliphatic rings. The molecule has 0 N–H and O–H groups in total. The molecule has 0 spiro atoms. The number of carbonyl (C=O) groups excluding carboxylic acids is 1. The van der Waals surface area contributed by atoms with E-state index in [1.807, 2.05) is 0 Å². The quantitative estimate of drug-likeness (QED) is 0.581. The van der Waals surface area contributed by atoms with Gasteiger partial charge in [0.25, 0.3) is 0 Å². The molecule has 0 aromatic heterocycles. The van der Waals surface area contributed by atoms with Crippen molar-refractivity contribution >= 4 is 22.0 Å². The molecule has 13 heavy (non-hydrogen) atoms. The van der Waals surface area contributed by atoms with E-state index in [0.717, 1.165) is 0 Å². The van der Waals surface area contributed by atoms with Gasteiger partial charge in [-0.05, 0) is 18.6 Å². The molecule has 68 valence electrons. The monoisotopic (exact) mass is 243 g/mol. The Hall–Kier alpha value is -0.990. The maximum Gasteiger partial charge on any atom is 0.235 e. The normalized spacial score (nSPS) is 9.46. The van der Waals surface area contributed by atoms with Gasteiger partial charge in [-0.3, -0.25) is 0 Å². The van der Waals surface area contributed by atoms with Crippen molar-refractivity contribution in [1.82, 2.24) is 0 Å². The highest BCUT2D eigenvalue weighted by molar-refractivity contribution is 9.10. The maximum absolute atomic E-state index is 13.4. The molecular weight excluding hydrogens is 237 g/mol. The number of aliphatic imine (C=N–C) groups is 1. The van der Waals surface area contributed by atoms with E-state index in [2.05, 4.69) is 20.9 Å². The van der Waals surface area contributed by atoms with Crippen LogP contribution < -0.4 is 0 Å². The number of rotatable bonds is 2. The molecule has 0 radical (unpaired) electrons. The third kappa shape index (κ3) is 2.23. The van der Waals surface area contributed by atoms with Gasteiger partial charge in [0.05, 0.1) is 6.54 Å². The summed E-state index contributed by atoms with van der Waals surface area (Å²) in [5, 5.41) is 0. The summed E-state index contributed by atoms with van der Waals surface area (Å²) in [7, 11) is 0. The lowest BCUT2D eigenvalue weighted by Crippen LogP contribution is -1.92. The zero-order valence-electron chi connectivity index (χ0n) is 6.97. The molecule has 0 saturated heterocycles. The van der Waals surface area contributed by atoms with Crippen LogP contribution in [-0.2, 0) is 11.3 Å². The topological polar surface area (TPSA) is 29.4 Å². The highest BCUT2D eigenvalue weighted by Gasteiger charge is 2.06. The first-order chi connectivity index (χ1) is 6.16. The van der Waals surface area contributed by atoms with E-state index in [0.29, 0.717) is 15.6 Å². The predicted octanol–water partition coefficient (Wildman–Crippen LogP) is 2.73. The summed E-state index contributed by atoms with van der Waals surface area (Å²) in [5.74, 6) is -0.326. The van der Waals surface area contributed by atoms with Crippen LogP contribution in [0.4, 0.5) is 4.39 Å². The van der Waals surface area contributed by atoms with Gasteiger partial charge in [-0.25, -0.2) is 14.2 Å². The molecule has 2 nitrogen and oxygen atoms in total. The number of nitrogens with zero attached hydrogens (tertiary/aromatic N) is 1. The Morgan fingerprint density at radius 1 is 1.62 bits per heavy atom. The molecule has 0 fully saturated rings. The molecule has 1 aromatic rings. The van der Waals surface area contributed by atoms with Gasteiger partial charge in [-0.15, -0.1) is 0 Å². The van der Waals surface area contributed by atoms with Gasteiger partial charge >= 0.3 is 0 Å². The molecule has 0 aliphatic heterocycles. The Balaban J connectivity index is 3.10. The lowest BCUT2D eigenvalue weighted by Gasteiger charge is -2.03. The van der Waals surface area contributed by atoms with Crippen molar-refractivity contribution < 1.29 is 9.18 Å². The van der Waals surface area contributed by atoms with Crippen molar-refractivity contribution in [2.24, 2.45) is 4.99 Å². The predicted molar refractivity (Wildman–Crippen MR) is 50.7 cm³/mol. The smallest absolute Gasteiger partial charge is 0.211 e. The summed E-state index contributed by atoms with van der Waals surface area (Å²) in [6, 6.07) is 3.32. The van der Waals surface area contributed by atoms with Crippen LogP contribution in [0.25, 0.3) is 0 Å². The molecule has 0 heterocycles. The van der Waals surface area contributed by atoms with Gasteiger partial charge in [-0.1, -0.05) is 22.0 Å². The minimum absolute atomic E-state index is 0.0451. The van der Waals surface area contributed by atoms with Gasteiger partial charge in [0.2, 0.25) is 6.08 Å². The van der Waals surface area contributed by atoms with E-state index in [1.165, 1.54) is 6.08 Å². The number of isocyanates is 1. The minimum atomic E-state index is -0.326. The third-order valence-electron chi connectivity index (χ3n) is 1.71. The summed E-state index contributed by atoms with van der Waals surface area (Å²) in [4.78, 5) is 13.1. The van der Waals surface area contributed by atoms with Crippen molar-refractivity contribution in [2.45, 2.75) is 13.5 Å². The molecular formula is C9H7BrFNO. The van der Waals surface area contributed by atoms with E-state index in [-0.39, 0.29) is 12.4 Å². The lowest BCUT2D eigenvalue weighted by atomic mass is 10.1. The molecule has 0 unspecified atom stereocenters. The van der Waals surface area contributed by atoms with Crippen molar-refractivity contribution in [2.75, 3.05) is 0 Å². The molecule has 0 atom stereocenters. The van der Waals surface area contributed by atoms with Gasteiger partial charge in [-0.2, -0.15) is 0 Å². The fourth-order valence-electron chi connectivity index (χ4n) is 0.957. The molecule has 1 aromatic carbocycles. The summed E-state index contributed by atoms with van der Waals surface area (Å²) < 4.78 is 14.1. The van der Waals surface area contributed by atoms with Crippen LogP contribution in [0.2, 0.25) is 0 Å². The molecule has 0 amide bonds. The average molecular weight is 244 g/mol. The summed E-state index contributed by atoms with van der Waals surface area (Å²) >= 11 is 3.20. The van der Waals surface area contributed by atoms with Gasteiger partial charge in [0.15, 0.2) is 0 Å². The Morgan fingerprint density at radius 3 is 2.92 bits per heavy atom. The summed E-state index contributed by atoms with van der Waals surface area (Å²) in [5.41, 5.74) is 0.933. The minimum Gasteiger partial charge on any atom is -0.211 e. The van der Waals surface area contributed by atoms with Crippen LogP contribution in [0, 0.1) is 12.7 Å². The van der Waals surface area contributed by atoms with E-state index < -0.39 is 0 Å². The fraction of sp³-hybridized carbons (Fsp3) is 0.222. The first-order valence-electron chi connectivity index (χ1n) is 3.64. The Morgan fingerprint density at radius 2 is 2.31 bits per heavy atom. The Bertz CT molecular complexity index is 372. The van der Waals surface area contributed by atoms with E-state index in [9.17, 15) is 9.18 Å². The highest BCUT2D eigenvalue weighted by atomic mass is 79.9. The van der Waals surface area contributed by atoms with Crippen molar-refractivity contribution in [3.05, 3.63) is 33.5 Å². The van der Waals surface area contributed by atoms with Gasteiger partial charge in [0, 0.05) is 10.0 Å². The molecule has 1 rings (SSSR count). The van der Waals surface area contributed by atoms with Crippen LogP contribution >= 0.6 is 15.9 Å². The summed E-state index contributed by atoms with van der Waals surface area (Å²) in [6.07, 6.45) is 1.37. The first-order valence-corrected chi connectivity index (χ1v) is 4.43. The van der Waals surface area contributed by atoms with Crippen LogP contribution in [0.1, 0.15) is 11.1 Å². The standard InChI is InChI=1S/C9H7BrFNO/c1-6-8(10)3-2-7(9(6)11)4-12-5-13/h2-3H,4H2,1H3. The third-order valence-corrected chi connectivity index (χ3v) is 2.57. The van der Waals surface area contributed by atoms with Crippen LogP contribution in [0.3, 0.4) is 0 Å². The molecule has 4 heteroatoms. The number of halogens is 2. The largest absolute Gasteiger partial charge is 0.235 e. The van der Waals surface area contributed by atoms with E-state index in [4.69, 9.17) is 0 Å². The Labute approximate surface area is 83.6 Å². The van der Waals surface area contributed by atoms with Crippen molar-refractivity contribution in [1.29, 1.82) is 0 Å². The fourth-order valence-corrected chi connectivity index (χ4v) is 1.26. The molecule has 0 saturated carbocycles. The molecule has 0 bridgehead atoms. The second-order valence-electron chi connectivity index (χ2n) is 2.55. The second kappa shape index (κ2) is 4.30. The van der Waals surface area contributed by atoms with Crippen molar-refractivity contribution in [3.8, 4) is 0 Å².